The topological polar surface area (TPSA) is 51.5 Å². The summed E-state index contributed by atoms with van der Waals surface area (Å²) in [7, 11) is 0. The molecular formula is C13H10ClNO3. The number of nitrogens with one attached hydrogen (secondary N) is 1. The van der Waals surface area contributed by atoms with Gasteiger partial charge in [-0.25, -0.2) is 0 Å². The highest BCUT2D eigenvalue weighted by molar-refractivity contribution is 6.32. The maximum atomic E-state index is 12.0. The number of fused-ring (bicyclic) bond motifs is 1. The number of ether oxygens (including phenoxy) is 1. The smallest absolute Gasteiger partial charge is 0.256 e. The predicted molar refractivity (Wildman–Crippen MR) is 65.9 cm³/mol. The average Bonchev–Trinajstić information content (AvgIpc) is 2.97. The summed E-state index contributed by atoms with van der Waals surface area (Å²) in [6, 6.07) is 9.02. The van der Waals surface area contributed by atoms with E-state index in [9.17, 15) is 4.79 Å². The number of carbonyl (C=O) groups is 1. The first-order valence-electron chi connectivity index (χ1n) is 5.51. The first-order valence-corrected chi connectivity index (χ1v) is 5.89. The Morgan fingerprint density at radius 1 is 1.33 bits per heavy atom. The van der Waals surface area contributed by atoms with Gasteiger partial charge in [-0.2, -0.15) is 0 Å². The Bertz CT molecular complexity index is 593. The number of furan rings is 1. The SMILES string of the molecule is O=C(NC1COc2ccccc21)c1ccoc1Cl. The van der Waals surface area contributed by atoms with Gasteiger partial charge in [0, 0.05) is 5.56 Å². The third-order valence-electron chi connectivity index (χ3n) is 2.87. The number of carbonyl (C=O) groups excluding carboxylic acids is 1. The second-order valence-electron chi connectivity index (χ2n) is 3.98. The van der Waals surface area contributed by atoms with Gasteiger partial charge < -0.3 is 14.5 Å². The maximum Gasteiger partial charge on any atom is 0.256 e. The van der Waals surface area contributed by atoms with E-state index in [1.807, 2.05) is 24.3 Å². The monoisotopic (exact) mass is 263 g/mol. The molecule has 4 nitrogen and oxygen atoms in total. The fourth-order valence-corrected chi connectivity index (χ4v) is 2.17. The zero-order valence-electron chi connectivity index (χ0n) is 9.35. The molecule has 1 unspecified atom stereocenters. The van der Waals surface area contributed by atoms with Gasteiger partial charge in [0.05, 0.1) is 17.9 Å². The van der Waals surface area contributed by atoms with E-state index in [-0.39, 0.29) is 17.2 Å². The van der Waals surface area contributed by atoms with Crippen LogP contribution >= 0.6 is 11.6 Å². The summed E-state index contributed by atoms with van der Waals surface area (Å²) < 4.78 is 10.4. The third-order valence-corrected chi connectivity index (χ3v) is 3.16. The van der Waals surface area contributed by atoms with Crippen molar-refractivity contribution in [2.24, 2.45) is 0 Å². The number of para-hydroxylation sites is 1. The summed E-state index contributed by atoms with van der Waals surface area (Å²) in [6.45, 7) is 0.431. The highest BCUT2D eigenvalue weighted by atomic mass is 35.5. The van der Waals surface area contributed by atoms with Crippen molar-refractivity contribution < 1.29 is 13.9 Å². The van der Waals surface area contributed by atoms with Crippen molar-refractivity contribution >= 4 is 17.5 Å². The summed E-state index contributed by atoms with van der Waals surface area (Å²) in [6.07, 6.45) is 1.39. The van der Waals surface area contributed by atoms with Gasteiger partial charge in [0.1, 0.15) is 12.4 Å². The van der Waals surface area contributed by atoms with Crippen LogP contribution in [-0.4, -0.2) is 12.5 Å². The van der Waals surface area contributed by atoms with Crippen LogP contribution in [0.4, 0.5) is 0 Å². The number of amides is 1. The Morgan fingerprint density at radius 3 is 2.94 bits per heavy atom. The minimum absolute atomic E-state index is 0.0969. The molecule has 0 spiro atoms. The molecular weight excluding hydrogens is 254 g/mol. The van der Waals surface area contributed by atoms with E-state index >= 15 is 0 Å². The van der Waals surface area contributed by atoms with Crippen molar-refractivity contribution in [3.63, 3.8) is 0 Å². The van der Waals surface area contributed by atoms with E-state index in [0.29, 0.717) is 12.2 Å². The molecule has 0 saturated heterocycles. The molecule has 5 heteroatoms. The van der Waals surface area contributed by atoms with Crippen LogP contribution in [0.15, 0.2) is 41.0 Å². The fraction of sp³-hybridized carbons (Fsp3) is 0.154. The largest absolute Gasteiger partial charge is 0.491 e. The highest BCUT2D eigenvalue weighted by Crippen LogP contribution is 2.32. The van der Waals surface area contributed by atoms with Crippen LogP contribution in [0.25, 0.3) is 0 Å². The Labute approximate surface area is 109 Å². The molecule has 1 N–H and O–H groups in total. The summed E-state index contributed by atoms with van der Waals surface area (Å²) in [4.78, 5) is 12.0. The highest BCUT2D eigenvalue weighted by Gasteiger charge is 2.26. The number of halogens is 1. The molecule has 0 aliphatic carbocycles. The van der Waals surface area contributed by atoms with E-state index in [1.54, 1.807) is 6.07 Å². The number of hydrogen-bond donors (Lipinski definition) is 1. The number of benzene rings is 1. The predicted octanol–water partition coefficient (Wildman–Crippen LogP) is 2.80. The van der Waals surface area contributed by atoms with Crippen LogP contribution in [0.3, 0.4) is 0 Å². The van der Waals surface area contributed by atoms with Gasteiger partial charge in [-0.3, -0.25) is 4.79 Å². The van der Waals surface area contributed by atoms with Gasteiger partial charge in [0.15, 0.2) is 0 Å². The molecule has 1 aliphatic heterocycles. The molecule has 1 aromatic heterocycles. The summed E-state index contributed by atoms with van der Waals surface area (Å²) in [5.74, 6) is 0.542. The van der Waals surface area contributed by atoms with Crippen LogP contribution in [0.1, 0.15) is 22.0 Å². The van der Waals surface area contributed by atoms with Crippen molar-refractivity contribution in [1.29, 1.82) is 0 Å². The Balaban J connectivity index is 1.79. The van der Waals surface area contributed by atoms with E-state index in [4.69, 9.17) is 20.8 Å². The van der Waals surface area contributed by atoms with Crippen molar-refractivity contribution in [3.8, 4) is 5.75 Å². The molecule has 2 heterocycles. The summed E-state index contributed by atoms with van der Waals surface area (Å²) in [5, 5.41) is 2.97. The van der Waals surface area contributed by atoms with E-state index in [0.717, 1.165) is 11.3 Å². The lowest BCUT2D eigenvalue weighted by molar-refractivity contribution is 0.0930. The van der Waals surface area contributed by atoms with Gasteiger partial charge in [-0.15, -0.1) is 0 Å². The number of hydrogen-bond acceptors (Lipinski definition) is 3. The lowest BCUT2D eigenvalue weighted by Crippen LogP contribution is -2.29. The normalized spacial score (nSPS) is 17.1. The van der Waals surface area contributed by atoms with Crippen LogP contribution in [0, 0.1) is 0 Å². The van der Waals surface area contributed by atoms with Gasteiger partial charge in [0.25, 0.3) is 5.91 Å². The molecule has 0 radical (unpaired) electrons. The zero-order chi connectivity index (χ0) is 12.5. The molecule has 18 heavy (non-hydrogen) atoms. The molecule has 1 atom stereocenters. The molecule has 0 bridgehead atoms. The minimum atomic E-state index is -0.265. The zero-order valence-corrected chi connectivity index (χ0v) is 10.1. The summed E-state index contributed by atoms with van der Waals surface area (Å²) >= 11 is 5.76. The van der Waals surface area contributed by atoms with E-state index in [2.05, 4.69) is 5.32 Å². The van der Waals surface area contributed by atoms with Gasteiger partial charge >= 0.3 is 0 Å². The molecule has 0 saturated carbocycles. The van der Waals surface area contributed by atoms with Crippen LogP contribution in [0.2, 0.25) is 5.22 Å². The Morgan fingerprint density at radius 2 is 2.17 bits per heavy atom. The molecule has 1 aliphatic rings. The van der Waals surface area contributed by atoms with Crippen LogP contribution in [-0.2, 0) is 0 Å². The quantitative estimate of drug-likeness (QED) is 0.906. The lowest BCUT2D eigenvalue weighted by Gasteiger charge is -2.10. The first kappa shape index (κ1) is 11.2. The second kappa shape index (κ2) is 4.38. The molecule has 92 valence electrons. The van der Waals surface area contributed by atoms with Crippen molar-refractivity contribution in [2.45, 2.75) is 6.04 Å². The van der Waals surface area contributed by atoms with Gasteiger partial charge in [0.2, 0.25) is 5.22 Å². The minimum Gasteiger partial charge on any atom is -0.491 e. The average molecular weight is 264 g/mol. The van der Waals surface area contributed by atoms with Gasteiger partial charge in [-0.1, -0.05) is 18.2 Å². The van der Waals surface area contributed by atoms with Crippen molar-refractivity contribution in [3.05, 3.63) is 52.9 Å². The maximum absolute atomic E-state index is 12.0. The molecule has 1 amide bonds. The van der Waals surface area contributed by atoms with Crippen LogP contribution in [0.5, 0.6) is 5.75 Å². The summed E-state index contributed by atoms with van der Waals surface area (Å²) in [5.41, 5.74) is 1.31. The molecule has 1 aromatic carbocycles. The standard InChI is InChI=1S/C13H10ClNO3/c14-12-9(5-6-17-12)13(16)15-10-7-18-11-4-2-1-3-8(10)11/h1-6,10H,7H2,(H,15,16). The molecule has 0 fully saturated rings. The lowest BCUT2D eigenvalue weighted by atomic mass is 10.1. The number of rotatable bonds is 2. The van der Waals surface area contributed by atoms with E-state index < -0.39 is 0 Å². The van der Waals surface area contributed by atoms with Gasteiger partial charge in [-0.05, 0) is 23.7 Å². The van der Waals surface area contributed by atoms with Crippen molar-refractivity contribution in [1.82, 2.24) is 5.32 Å². The Kier molecular flexibility index (Phi) is 2.72. The Hall–Kier alpha value is -1.94. The van der Waals surface area contributed by atoms with E-state index in [1.165, 1.54) is 6.26 Å². The second-order valence-corrected chi connectivity index (χ2v) is 4.33. The molecule has 3 rings (SSSR count). The third kappa shape index (κ3) is 1.84. The fourth-order valence-electron chi connectivity index (χ4n) is 1.97. The van der Waals surface area contributed by atoms with Crippen LogP contribution < -0.4 is 10.1 Å². The first-order chi connectivity index (χ1) is 8.75. The molecule has 2 aromatic rings. The van der Waals surface area contributed by atoms with Crippen molar-refractivity contribution in [2.75, 3.05) is 6.61 Å².